The molecule has 0 spiro atoms. The van der Waals surface area contributed by atoms with Crippen molar-refractivity contribution >= 4 is 28.3 Å². The molecule has 25 heavy (non-hydrogen) atoms. The lowest BCUT2D eigenvalue weighted by molar-refractivity contribution is 0.557. The van der Waals surface area contributed by atoms with Crippen LogP contribution in [0.2, 0.25) is 5.02 Å². The number of hydrogen-bond acceptors (Lipinski definition) is 4. The summed E-state index contributed by atoms with van der Waals surface area (Å²) in [5.41, 5.74) is 2.14. The highest BCUT2D eigenvalue weighted by Gasteiger charge is 2.21. The number of nitrogens with one attached hydrogen (secondary N) is 1. The van der Waals surface area contributed by atoms with Gasteiger partial charge in [-0.1, -0.05) is 49.7 Å². The molecule has 0 unspecified atom stereocenters. The van der Waals surface area contributed by atoms with Crippen molar-refractivity contribution < 1.29 is 4.39 Å². The van der Waals surface area contributed by atoms with Crippen molar-refractivity contribution in [2.24, 2.45) is 0 Å². The molecule has 0 amide bonds. The molecule has 1 N–H and O–H groups in total. The van der Waals surface area contributed by atoms with E-state index in [0.29, 0.717) is 6.42 Å². The van der Waals surface area contributed by atoms with Gasteiger partial charge in [0.05, 0.1) is 0 Å². The zero-order valence-corrected chi connectivity index (χ0v) is 15.7. The zero-order chi connectivity index (χ0) is 17.9. The lowest BCUT2D eigenvalue weighted by Gasteiger charge is -2.25. The average molecular weight is 376 g/mol. The first-order chi connectivity index (χ1) is 11.9. The van der Waals surface area contributed by atoms with Crippen molar-refractivity contribution in [1.82, 2.24) is 9.36 Å². The van der Waals surface area contributed by atoms with Crippen LogP contribution in [0.4, 0.5) is 9.52 Å². The first-order valence-corrected chi connectivity index (χ1v) is 9.14. The summed E-state index contributed by atoms with van der Waals surface area (Å²) in [5.74, 6) is 0.505. The standard InChI is InChI=1S/C19H19ClFN3S/c1-19(2,14-5-7-15(20)8-6-14)12-22-18-23-17(24-25-18)11-13-3-9-16(21)10-4-13/h3-10H,11-12H2,1-2H3,(H,22,23,24). The summed E-state index contributed by atoms with van der Waals surface area (Å²) in [4.78, 5) is 4.52. The van der Waals surface area contributed by atoms with Gasteiger partial charge in [-0.25, -0.2) is 9.37 Å². The molecule has 0 aliphatic rings. The van der Waals surface area contributed by atoms with E-state index in [9.17, 15) is 4.39 Å². The molecule has 0 bridgehead atoms. The SMILES string of the molecule is CC(C)(CNc1nc(Cc2ccc(F)cc2)ns1)c1ccc(Cl)cc1. The van der Waals surface area contributed by atoms with Crippen LogP contribution in [0.25, 0.3) is 0 Å². The molecule has 0 radical (unpaired) electrons. The minimum atomic E-state index is -0.234. The molecular formula is C19H19ClFN3S. The number of anilines is 1. The van der Waals surface area contributed by atoms with Crippen LogP contribution < -0.4 is 5.32 Å². The largest absolute Gasteiger partial charge is 0.359 e. The molecule has 130 valence electrons. The Morgan fingerprint density at radius 3 is 2.44 bits per heavy atom. The van der Waals surface area contributed by atoms with Gasteiger partial charge in [-0.05, 0) is 35.4 Å². The normalized spacial score (nSPS) is 11.5. The summed E-state index contributed by atoms with van der Waals surface area (Å²) < 4.78 is 17.3. The summed E-state index contributed by atoms with van der Waals surface area (Å²) >= 11 is 7.30. The molecule has 0 aliphatic carbocycles. The lowest BCUT2D eigenvalue weighted by Crippen LogP contribution is -2.27. The second-order valence-corrected chi connectivity index (χ2v) is 7.75. The average Bonchev–Trinajstić information content (AvgIpc) is 3.03. The van der Waals surface area contributed by atoms with Crippen LogP contribution in [-0.4, -0.2) is 15.9 Å². The van der Waals surface area contributed by atoms with Crippen LogP contribution >= 0.6 is 23.1 Å². The van der Waals surface area contributed by atoms with E-state index in [4.69, 9.17) is 11.6 Å². The Balaban J connectivity index is 1.61. The second-order valence-electron chi connectivity index (χ2n) is 6.56. The molecule has 1 aromatic heterocycles. The van der Waals surface area contributed by atoms with Gasteiger partial charge in [-0.2, -0.15) is 4.37 Å². The highest BCUT2D eigenvalue weighted by molar-refractivity contribution is 7.09. The minimum absolute atomic E-state index is 0.0621. The Bertz CT molecular complexity index is 829. The van der Waals surface area contributed by atoms with E-state index in [0.717, 1.165) is 28.1 Å². The van der Waals surface area contributed by atoms with Gasteiger partial charge in [0.25, 0.3) is 0 Å². The summed E-state index contributed by atoms with van der Waals surface area (Å²) in [5, 5.41) is 4.89. The molecule has 0 atom stereocenters. The fourth-order valence-corrected chi connectivity index (χ4v) is 3.19. The number of rotatable bonds is 6. The van der Waals surface area contributed by atoms with Crippen LogP contribution in [0.15, 0.2) is 48.5 Å². The van der Waals surface area contributed by atoms with E-state index in [1.165, 1.54) is 29.2 Å². The Labute approximate surface area is 156 Å². The number of halogens is 2. The predicted molar refractivity (Wildman–Crippen MR) is 102 cm³/mol. The van der Waals surface area contributed by atoms with Crippen molar-refractivity contribution in [3.05, 3.63) is 76.3 Å². The maximum atomic E-state index is 13.0. The third-order valence-corrected chi connectivity index (χ3v) is 5.01. The first-order valence-electron chi connectivity index (χ1n) is 7.99. The van der Waals surface area contributed by atoms with Gasteiger partial charge in [-0.3, -0.25) is 0 Å². The summed E-state index contributed by atoms with van der Waals surface area (Å²) in [6.07, 6.45) is 0.596. The molecule has 1 heterocycles. The maximum absolute atomic E-state index is 13.0. The molecule has 0 saturated heterocycles. The number of aromatic nitrogens is 2. The fraction of sp³-hybridized carbons (Fsp3) is 0.263. The van der Waals surface area contributed by atoms with Gasteiger partial charge in [0.2, 0.25) is 5.13 Å². The van der Waals surface area contributed by atoms with Crippen molar-refractivity contribution in [2.75, 3.05) is 11.9 Å². The van der Waals surface area contributed by atoms with Crippen LogP contribution in [-0.2, 0) is 11.8 Å². The number of benzene rings is 2. The van der Waals surface area contributed by atoms with Crippen LogP contribution in [0, 0.1) is 5.82 Å². The van der Waals surface area contributed by atoms with Crippen molar-refractivity contribution in [1.29, 1.82) is 0 Å². The molecule has 0 saturated carbocycles. The van der Waals surface area contributed by atoms with E-state index in [-0.39, 0.29) is 11.2 Å². The molecule has 2 aromatic carbocycles. The van der Waals surface area contributed by atoms with Crippen LogP contribution in [0.1, 0.15) is 30.8 Å². The highest BCUT2D eigenvalue weighted by atomic mass is 35.5. The molecule has 3 rings (SSSR count). The summed E-state index contributed by atoms with van der Waals surface area (Å²) in [6.45, 7) is 5.08. The summed E-state index contributed by atoms with van der Waals surface area (Å²) in [7, 11) is 0. The third-order valence-electron chi connectivity index (χ3n) is 4.05. The quantitative estimate of drug-likeness (QED) is 0.634. The van der Waals surface area contributed by atoms with Crippen molar-refractivity contribution in [3.63, 3.8) is 0 Å². The minimum Gasteiger partial charge on any atom is -0.359 e. The van der Waals surface area contributed by atoms with E-state index < -0.39 is 0 Å². The van der Waals surface area contributed by atoms with Crippen molar-refractivity contribution in [3.8, 4) is 0 Å². The number of hydrogen-bond donors (Lipinski definition) is 1. The Morgan fingerprint density at radius 2 is 1.76 bits per heavy atom. The van der Waals surface area contributed by atoms with Gasteiger partial charge in [0, 0.05) is 34.9 Å². The second kappa shape index (κ2) is 7.50. The van der Waals surface area contributed by atoms with Gasteiger partial charge < -0.3 is 5.32 Å². The topological polar surface area (TPSA) is 37.8 Å². The van der Waals surface area contributed by atoms with E-state index in [2.05, 4.69) is 28.5 Å². The van der Waals surface area contributed by atoms with E-state index in [1.54, 1.807) is 12.1 Å². The highest BCUT2D eigenvalue weighted by Crippen LogP contribution is 2.25. The smallest absolute Gasteiger partial charge is 0.202 e. The Hall–Kier alpha value is -1.98. The predicted octanol–water partition coefficient (Wildman–Crippen LogP) is 5.31. The Kier molecular flexibility index (Phi) is 5.35. The maximum Gasteiger partial charge on any atom is 0.202 e. The van der Waals surface area contributed by atoms with Crippen LogP contribution in [0.3, 0.4) is 0 Å². The Morgan fingerprint density at radius 1 is 1.08 bits per heavy atom. The fourth-order valence-electron chi connectivity index (χ4n) is 2.48. The molecule has 3 nitrogen and oxygen atoms in total. The molecule has 6 heteroatoms. The molecule has 0 aliphatic heterocycles. The monoisotopic (exact) mass is 375 g/mol. The first kappa shape index (κ1) is 17.8. The van der Waals surface area contributed by atoms with Crippen LogP contribution in [0.5, 0.6) is 0 Å². The van der Waals surface area contributed by atoms with Gasteiger partial charge >= 0.3 is 0 Å². The zero-order valence-electron chi connectivity index (χ0n) is 14.1. The summed E-state index contributed by atoms with van der Waals surface area (Å²) in [6, 6.07) is 14.3. The lowest BCUT2D eigenvalue weighted by atomic mass is 9.85. The van der Waals surface area contributed by atoms with E-state index in [1.807, 2.05) is 24.3 Å². The molecule has 0 fully saturated rings. The van der Waals surface area contributed by atoms with E-state index >= 15 is 0 Å². The van der Waals surface area contributed by atoms with Gasteiger partial charge in [0.1, 0.15) is 11.6 Å². The van der Waals surface area contributed by atoms with Gasteiger partial charge in [-0.15, -0.1) is 0 Å². The molecule has 3 aromatic rings. The van der Waals surface area contributed by atoms with Crippen molar-refractivity contribution in [2.45, 2.75) is 25.7 Å². The molecular weight excluding hydrogens is 357 g/mol. The number of nitrogens with zero attached hydrogens (tertiary/aromatic N) is 2. The van der Waals surface area contributed by atoms with Gasteiger partial charge in [0.15, 0.2) is 0 Å². The third kappa shape index (κ3) is 4.77.